The quantitative estimate of drug-likeness (QED) is 0.777. The Kier molecular flexibility index (Phi) is 3.08. The summed E-state index contributed by atoms with van der Waals surface area (Å²) >= 11 is 0. The maximum atomic E-state index is 10.2. The molecule has 0 saturated carbocycles. The van der Waals surface area contributed by atoms with Gasteiger partial charge >= 0.3 is 0 Å². The average Bonchev–Trinajstić information content (AvgIpc) is 2.98. The van der Waals surface area contributed by atoms with Crippen LogP contribution in [-0.2, 0) is 0 Å². The standard InChI is InChI=1S/C15H13N3O/c19-15(12-5-4-9-16-11-12)14-8-10-18(17-14)13-6-2-1-3-7-13/h1-11,15,19H. The second kappa shape index (κ2) is 5.04. The number of nitrogens with zero attached hydrogens (tertiary/aromatic N) is 3. The first-order valence-corrected chi connectivity index (χ1v) is 6.03. The summed E-state index contributed by atoms with van der Waals surface area (Å²) in [6, 6.07) is 15.2. The number of hydrogen-bond donors (Lipinski definition) is 1. The molecule has 2 aromatic heterocycles. The van der Waals surface area contributed by atoms with Gasteiger partial charge in [-0.05, 0) is 24.3 Å². The van der Waals surface area contributed by atoms with Crippen LogP contribution in [0.3, 0.4) is 0 Å². The molecule has 3 rings (SSSR count). The van der Waals surface area contributed by atoms with E-state index in [0.717, 1.165) is 11.3 Å². The minimum Gasteiger partial charge on any atom is -0.382 e. The van der Waals surface area contributed by atoms with Crippen molar-refractivity contribution in [1.29, 1.82) is 0 Å². The molecule has 0 aliphatic heterocycles. The van der Waals surface area contributed by atoms with E-state index in [-0.39, 0.29) is 0 Å². The number of hydrogen-bond acceptors (Lipinski definition) is 3. The first kappa shape index (κ1) is 11.6. The smallest absolute Gasteiger partial charge is 0.124 e. The Hall–Kier alpha value is -2.46. The summed E-state index contributed by atoms with van der Waals surface area (Å²) in [4.78, 5) is 4.00. The van der Waals surface area contributed by atoms with Gasteiger partial charge in [-0.3, -0.25) is 4.98 Å². The molecular weight excluding hydrogens is 238 g/mol. The summed E-state index contributed by atoms with van der Waals surface area (Å²) in [6.07, 6.45) is 4.41. The summed E-state index contributed by atoms with van der Waals surface area (Å²) < 4.78 is 1.74. The van der Waals surface area contributed by atoms with Gasteiger partial charge in [0.15, 0.2) is 0 Å². The van der Waals surface area contributed by atoms with Gasteiger partial charge < -0.3 is 5.11 Å². The normalized spacial score (nSPS) is 12.3. The molecule has 0 radical (unpaired) electrons. The maximum absolute atomic E-state index is 10.2. The first-order valence-electron chi connectivity index (χ1n) is 6.03. The third-order valence-electron chi connectivity index (χ3n) is 2.91. The van der Waals surface area contributed by atoms with E-state index < -0.39 is 6.10 Å². The van der Waals surface area contributed by atoms with Crippen molar-refractivity contribution < 1.29 is 5.11 Å². The molecule has 19 heavy (non-hydrogen) atoms. The van der Waals surface area contributed by atoms with Gasteiger partial charge in [0, 0.05) is 24.2 Å². The van der Waals surface area contributed by atoms with Crippen molar-refractivity contribution in [2.75, 3.05) is 0 Å². The molecule has 4 heteroatoms. The number of pyridine rings is 1. The second-order valence-electron chi connectivity index (χ2n) is 4.21. The largest absolute Gasteiger partial charge is 0.382 e. The van der Waals surface area contributed by atoms with Crippen molar-refractivity contribution in [3.8, 4) is 5.69 Å². The Morgan fingerprint density at radius 2 is 1.84 bits per heavy atom. The van der Waals surface area contributed by atoms with Crippen LogP contribution in [0.5, 0.6) is 0 Å². The molecule has 4 nitrogen and oxygen atoms in total. The molecular formula is C15H13N3O. The van der Waals surface area contributed by atoms with Gasteiger partial charge in [0.1, 0.15) is 6.10 Å². The van der Waals surface area contributed by atoms with Gasteiger partial charge in [0.2, 0.25) is 0 Å². The molecule has 3 aromatic rings. The summed E-state index contributed by atoms with van der Waals surface area (Å²) in [5.74, 6) is 0. The third-order valence-corrected chi connectivity index (χ3v) is 2.91. The minimum absolute atomic E-state index is 0.608. The summed E-state index contributed by atoms with van der Waals surface area (Å²) in [5, 5.41) is 14.6. The monoisotopic (exact) mass is 251 g/mol. The highest BCUT2D eigenvalue weighted by atomic mass is 16.3. The Balaban J connectivity index is 1.90. The summed E-state index contributed by atoms with van der Waals surface area (Å²) in [7, 11) is 0. The zero-order chi connectivity index (χ0) is 13.1. The van der Waals surface area contributed by atoms with E-state index in [1.165, 1.54) is 0 Å². The highest BCUT2D eigenvalue weighted by Gasteiger charge is 2.13. The fraction of sp³-hybridized carbons (Fsp3) is 0.0667. The van der Waals surface area contributed by atoms with Crippen molar-refractivity contribution in [3.05, 3.63) is 78.4 Å². The highest BCUT2D eigenvalue weighted by Crippen LogP contribution is 2.20. The SMILES string of the molecule is OC(c1cccnc1)c1ccn(-c2ccccc2)n1. The van der Waals surface area contributed by atoms with Crippen LogP contribution in [0.1, 0.15) is 17.4 Å². The van der Waals surface area contributed by atoms with E-state index in [4.69, 9.17) is 0 Å². The van der Waals surface area contributed by atoms with Crippen molar-refractivity contribution in [1.82, 2.24) is 14.8 Å². The summed E-state index contributed by atoms with van der Waals surface area (Å²) in [6.45, 7) is 0. The molecule has 0 bridgehead atoms. The van der Waals surface area contributed by atoms with Gasteiger partial charge in [-0.1, -0.05) is 24.3 Å². The third kappa shape index (κ3) is 2.39. The van der Waals surface area contributed by atoms with Crippen LogP contribution in [0.25, 0.3) is 5.69 Å². The maximum Gasteiger partial charge on any atom is 0.124 e. The molecule has 94 valence electrons. The van der Waals surface area contributed by atoms with Crippen LogP contribution < -0.4 is 0 Å². The van der Waals surface area contributed by atoms with Crippen LogP contribution in [0, 0.1) is 0 Å². The van der Waals surface area contributed by atoms with Gasteiger partial charge in [0.25, 0.3) is 0 Å². The lowest BCUT2D eigenvalue weighted by molar-refractivity contribution is 0.214. The van der Waals surface area contributed by atoms with E-state index in [2.05, 4.69) is 10.1 Å². The Labute approximate surface area is 111 Å². The number of para-hydroxylation sites is 1. The predicted octanol–water partition coefficient (Wildman–Crippen LogP) is 2.35. The molecule has 0 saturated heterocycles. The van der Waals surface area contributed by atoms with Crippen molar-refractivity contribution in [3.63, 3.8) is 0 Å². The van der Waals surface area contributed by atoms with E-state index >= 15 is 0 Å². The minimum atomic E-state index is -0.751. The highest BCUT2D eigenvalue weighted by molar-refractivity contribution is 5.31. The molecule has 0 aliphatic rings. The molecule has 1 unspecified atom stereocenters. The van der Waals surface area contributed by atoms with Crippen LogP contribution in [0.15, 0.2) is 67.1 Å². The lowest BCUT2D eigenvalue weighted by Gasteiger charge is -2.07. The van der Waals surface area contributed by atoms with Crippen molar-refractivity contribution >= 4 is 0 Å². The van der Waals surface area contributed by atoms with E-state index in [9.17, 15) is 5.11 Å². The zero-order valence-electron chi connectivity index (χ0n) is 10.2. The zero-order valence-corrected chi connectivity index (χ0v) is 10.2. The fourth-order valence-electron chi connectivity index (χ4n) is 1.92. The molecule has 0 spiro atoms. The molecule has 2 heterocycles. The van der Waals surface area contributed by atoms with Crippen molar-refractivity contribution in [2.45, 2.75) is 6.10 Å². The lowest BCUT2D eigenvalue weighted by atomic mass is 10.1. The molecule has 1 N–H and O–H groups in total. The first-order chi connectivity index (χ1) is 9.34. The van der Waals surface area contributed by atoms with Crippen LogP contribution in [-0.4, -0.2) is 19.9 Å². The molecule has 0 amide bonds. The van der Waals surface area contributed by atoms with E-state index in [0.29, 0.717) is 5.69 Å². The van der Waals surface area contributed by atoms with Gasteiger partial charge in [0.05, 0.1) is 11.4 Å². The average molecular weight is 251 g/mol. The number of rotatable bonds is 3. The predicted molar refractivity (Wildman–Crippen MR) is 71.9 cm³/mol. The topological polar surface area (TPSA) is 50.9 Å². The van der Waals surface area contributed by atoms with Crippen LogP contribution in [0.4, 0.5) is 0 Å². The van der Waals surface area contributed by atoms with Gasteiger partial charge in [-0.2, -0.15) is 5.10 Å². The van der Waals surface area contributed by atoms with Crippen LogP contribution in [0.2, 0.25) is 0 Å². The van der Waals surface area contributed by atoms with Crippen LogP contribution >= 0.6 is 0 Å². The Bertz CT molecular complexity index is 649. The number of aliphatic hydroxyl groups excluding tert-OH is 1. The van der Waals surface area contributed by atoms with E-state index in [1.807, 2.05) is 48.7 Å². The number of aliphatic hydroxyl groups is 1. The number of benzene rings is 1. The lowest BCUT2D eigenvalue weighted by Crippen LogP contribution is -2.02. The Morgan fingerprint density at radius 3 is 2.58 bits per heavy atom. The Morgan fingerprint density at radius 1 is 1.00 bits per heavy atom. The summed E-state index contributed by atoms with van der Waals surface area (Å²) in [5.41, 5.74) is 2.31. The molecule has 1 atom stereocenters. The molecule has 1 aromatic carbocycles. The van der Waals surface area contributed by atoms with E-state index in [1.54, 1.807) is 23.1 Å². The molecule has 0 aliphatic carbocycles. The molecule has 0 fully saturated rings. The van der Waals surface area contributed by atoms with Gasteiger partial charge in [-0.25, -0.2) is 4.68 Å². The van der Waals surface area contributed by atoms with Gasteiger partial charge in [-0.15, -0.1) is 0 Å². The second-order valence-corrected chi connectivity index (χ2v) is 4.21. The fourth-order valence-corrected chi connectivity index (χ4v) is 1.92. The van der Waals surface area contributed by atoms with Crippen molar-refractivity contribution in [2.24, 2.45) is 0 Å². The number of aromatic nitrogens is 3.